The first-order valence-electron chi connectivity index (χ1n) is 19.5. The van der Waals surface area contributed by atoms with Crippen LogP contribution < -0.4 is 0 Å². The van der Waals surface area contributed by atoms with E-state index in [1.807, 2.05) is 12.1 Å². The highest BCUT2D eigenvalue weighted by Gasteiger charge is 2.21. The first-order valence-corrected chi connectivity index (χ1v) is 19.5. The monoisotopic (exact) mass is 726 g/mol. The lowest BCUT2D eigenvalue weighted by Crippen LogP contribution is -1.95. The standard InChI is InChI=1S/C54H34N2O/c1-2-12-35(13-3-1)37-14-10-15-38(32-37)39-16-11-17-42(33-39)56-48-22-8-5-20-45(48)54-50(56)30-29-49-53(54)44-19-4-7-21-47(44)55(49)41-27-24-36(25-28-41)40-26-31-52-46(34-40)43-18-6-9-23-51(43)57-52/h1-34H. The van der Waals surface area contributed by atoms with Crippen molar-refractivity contribution in [3.8, 4) is 44.8 Å². The lowest BCUT2D eigenvalue weighted by atomic mass is 9.99. The van der Waals surface area contributed by atoms with E-state index in [0.29, 0.717) is 0 Å². The maximum absolute atomic E-state index is 6.11. The number of hydrogen-bond donors (Lipinski definition) is 0. The normalized spacial score (nSPS) is 11.9. The van der Waals surface area contributed by atoms with Crippen molar-refractivity contribution in [1.82, 2.24) is 9.13 Å². The quantitative estimate of drug-likeness (QED) is 0.173. The molecule has 0 fully saturated rings. The molecule has 3 nitrogen and oxygen atoms in total. The predicted octanol–water partition coefficient (Wildman–Crippen LogP) is 14.8. The minimum atomic E-state index is 0.913. The molecular weight excluding hydrogens is 693 g/mol. The molecule has 12 aromatic rings. The van der Waals surface area contributed by atoms with Gasteiger partial charge in [-0.15, -0.1) is 0 Å². The predicted molar refractivity (Wildman–Crippen MR) is 239 cm³/mol. The van der Waals surface area contributed by atoms with Crippen molar-refractivity contribution in [2.24, 2.45) is 0 Å². The second-order valence-electron chi connectivity index (χ2n) is 14.9. The molecule has 0 saturated carbocycles. The first kappa shape index (κ1) is 31.7. The van der Waals surface area contributed by atoms with E-state index in [9.17, 15) is 0 Å². The average Bonchev–Trinajstić information content (AvgIpc) is 3.94. The molecule has 266 valence electrons. The van der Waals surface area contributed by atoms with Crippen LogP contribution in [0.3, 0.4) is 0 Å². The zero-order chi connectivity index (χ0) is 37.5. The summed E-state index contributed by atoms with van der Waals surface area (Å²) >= 11 is 0. The first-order chi connectivity index (χ1) is 28.3. The van der Waals surface area contributed by atoms with Gasteiger partial charge in [0.2, 0.25) is 0 Å². The third kappa shape index (κ3) is 4.92. The number of hydrogen-bond acceptors (Lipinski definition) is 1. The van der Waals surface area contributed by atoms with Gasteiger partial charge in [-0.2, -0.15) is 0 Å². The molecule has 3 aromatic heterocycles. The average molecular weight is 727 g/mol. The van der Waals surface area contributed by atoms with Crippen molar-refractivity contribution in [3.63, 3.8) is 0 Å². The Labute approximate surface area is 328 Å². The van der Waals surface area contributed by atoms with Gasteiger partial charge in [0, 0.05) is 43.7 Å². The Balaban J connectivity index is 1.01. The van der Waals surface area contributed by atoms with E-state index in [1.54, 1.807) is 0 Å². The lowest BCUT2D eigenvalue weighted by Gasteiger charge is -2.12. The molecule has 9 aromatic carbocycles. The van der Waals surface area contributed by atoms with Gasteiger partial charge in [-0.3, -0.25) is 0 Å². The number of aromatic nitrogens is 2. The van der Waals surface area contributed by atoms with E-state index >= 15 is 0 Å². The minimum Gasteiger partial charge on any atom is -0.456 e. The van der Waals surface area contributed by atoms with Crippen molar-refractivity contribution in [2.45, 2.75) is 0 Å². The van der Waals surface area contributed by atoms with Gasteiger partial charge < -0.3 is 13.6 Å². The molecule has 0 aliphatic carbocycles. The molecule has 0 bridgehead atoms. The number of nitrogens with zero attached hydrogens (tertiary/aromatic N) is 2. The van der Waals surface area contributed by atoms with Crippen LogP contribution >= 0.6 is 0 Å². The van der Waals surface area contributed by atoms with Gasteiger partial charge >= 0.3 is 0 Å². The topological polar surface area (TPSA) is 23.0 Å². The van der Waals surface area contributed by atoms with E-state index in [0.717, 1.165) is 33.3 Å². The molecular formula is C54H34N2O. The number of para-hydroxylation sites is 3. The Bertz CT molecular complexity index is 3510. The van der Waals surface area contributed by atoms with Crippen LogP contribution in [0.5, 0.6) is 0 Å². The van der Waals surface area contributed by atoms with Gasteiger partial charge in [0.1, 0.15) is 11.2 Å². The number of rotatable bonds is 5. The Kier molecular flexibility index (Phi) is 6.93. The van der Waals surface area contributed by atoms with Crippen molar-refractivity contribution >= 4 is 65.6 Å². The molecule has 57 heavy (non-hydrogen) atoms. The molecule has 0 aliphatic rings. The van der Waals surface area contributed by atoms with E-state index in [-0.39, 0.29) is 0 Å². The van der Waals surface area contributed by atoms with Crippen LogP contribution in [0.25, 0.3) is 110 Å². The van der Waals surface area contributed by atoms with E-state index < -0.39 is 0 Å². The number of furan rings is 1. The zero-order valence-corrected chi connectivity index (χ0v) is 30.9. The smallest absolute Gasteiger partial charge is 0.135 e. The van der Waals surface area contributed by atoms with Crippen LogP contribution in [-0.2, 0) is 0 Å². The molecule has 0 saturated heterocycles. The van der Waals surface area contributed by atoms with Gasteiger partial charge in [0.05, 0.1) is 22.1 Å². The Hall–Kier alpha value is -7.62. The fourth-order valence-electron chi connectivity index (χ4n) is 9.12. The van der Waals surface area contributed by atoms with Crippen LogP contribution in [0, 0.1) is 0 Å². The second-order valence-corrected chi connectivity index (χ2v) is 14.9. The summed E-state index contributed by atoms with van der Waals surface area (Å²) in [7, 11) is 0. The number of benzene rings is 9. The molecule has 0 radical (unpaired) electrons. The van der Waals surface area contributed by atoms with Crippen LogP contribution in [0.4, 0.5) is 0 Å². The molecule has 0 amide bonds. The molecule has 0 atom stereocenters. The van der Waals surface area contributed by atoms with Crippen molar-refractivity contribution in [2.75, 3.05) is 0 Å². The fraction of sp³-hybridized carbons (Fsp3) is 0. The summed E-state index contributed by atoms with van der Waals surface area (Å²) in [5.41, 5.74) is 16.0. The Morgan fingerprint density at radius 2 is 0.754 bits per heavy atom. The molecule has 3 heteroatoms. The SMILES string of the molecule is c1ccc(-c2cccc(-c3cccc(-n4c5ccccc5c5c6c7ccccc7n(-c7ccc(-c8ccc9oc%10ccccc%10c9c8)cc7)c6ccc54)c3)c2)cc1. The minimum absolute atomic E-state index is 0.913. The van der Waals surface area contributed by atoms with Crippen molar-refractivity contribution < 1.29 is 4.42 Å². The van der Waals surface area contributed by atoms with Gasteiger partial charge in [0.25, 0.3) is 0 Å². The molecule has 12 rings (SSSR count). The molecule has 0 spiro atoms. The zero-order valence-electron chi connectivity index (χ0n) is 30.9. The fourth-order valence-corrected chi connectivity index (χ4v) is 9.12. The summed E-state index contributed by atoms with van der Waals surface area (Å²) in [5.74, 6) is 0. The highest BCUT2D eigenvalue weighted by molar-refractivity contribution is 6.29. The van der Waals surface area contributed by atoms with Crippen LogP contribution in [-0.4, -0.2) is 9.13 Å². The largest absolute Gasteiger partial charge is 0.456 e. The van der Waals surface area contributed by atoms with Gasteiger partial charge in [-0.1, -0.05) is 133 Å². The summed E-state index contributed by atoms with van der Waals surface area (Å²) in [6, 6.07) is 74.5. The van der Waals surface area contributed by atoms with Crippen LogP contribution in [0.1, 0.15) is 0 Å². The Morgan fingerprint density at radius 3 is 1.47 bits per heavy atom. The molecule has 0 unspecified atom stereocenters. The Morgan fingerprint density at radius 1 is 0.263 bits per heavy atom. The summed E-state index contributed by atoms with van der Waals surface area (Å²) in [5, 5.41) is 7.31. The summed E-state index contributed by atoms with van der Waals surface area (Å²) < 4.78 is 11.0. The van der Waals surface area contributed by atoms with Gasteiger partial charge in [-0.05, 0) is 106 Å². The maximum Gasteiger partial charge on any atom is 0.135 e. The van der Waals surface area contributed by atoms with Crippen LogP contribution in [0.15, 0.2) is 211 Å². The molecule has 3 heterocycles. The van der Waals surface area contributed by atoms with Gasteiger partial charge in [-0.25, -0.2) is 0 Å². The highest BCUT2D eigenvalue weighted by Crippen LogP contribution is 2.43. The maximum atomic E-state index is 6.11. The number of fused-ring (bicyclic) bond motifs is 10. The second kappa shape index (κ2) is 12.5. The summed E-state index contributed by atoms with van der Waals surface area (Å²) in [6.07, 6.45) is 0. The van der Waals surface area contributed by atoms with Crippen molar-refractivity contribution in [1.29, 1.82) is 0 Å². The third-order valence-corrected chi connectivity index (χ3v) is 11.7. The summed E-state index contributed by atoms with van der Waals surface area (Å²) in [6.45, 7) is 0. The summed E-state index contributed by atoms with van der Waals surface area (Å²) in [4.78, 5) is 0. The lowest BCUT2D eigenvalue weighted by molar-refractivity contribution is 0.669. The molecule has 0 aliphatic heterocycles. The highest BCUT2D eigenvalue weighted by atomic mass is 16.3. The van der Waals surface area contributed by atoms with Crippen LogP contribution in [0.2, 0.25) is 0 Å². The molecule has 0 N–H and O–H groups in total. The van der Waals surface area contributed by atoms with E-state index in [4.69, 9.17) is 4.42 Å². The van der Waals surface area contributed by atoms with E-state index in [2.05, 4.69) is 203 Å². The van der Waals surface area contributed by atoms with E-state index in [1.165, 1.54) is 77.0 Å². The third-order valence-electron chi connectivity index (χ3n) is 11.7. The van der Waals surface area contributed by atoms with Gasteiger partial charge in [0.15, 0.2) is 0 Å². The van der Waals surface area contributed by atoms with Crippen molar-refractivity contribution in [3.05, 3.63) is 206 Å².